The van der Waals surface area contributed by atoms with Crippen LogP contribution in [0.5, 0.6) is 5.75 Å². The largest absolute Gasteiger partial charge is 0.492 e. The van der Waals surface area contributed by atoms with E-state index in [1.54, 1.807) is 56.3 Å². The van der Waals surface area contributed by atoms with E-state index in [2.05, 4.69) is 5.32 Å². The molecule has 1 unspecified atom stereocenters. The zero-order valence-corrected chi connectivity index (χ0v) is 23.0. The topological polar surface area (TPSA) is 96.0 Å². The molecule has 1 N–H and O–H groups in total. The molecule has 0 aliphatic rings. The van der Waals surface area contributed by atoms with Crippen molar-refractivity contribution < 1.29 is 22.7 Å². The van der Waals surface area contributed by atoms with Crippen molar-refractivity contribution in [3.05, 3.63) is 90.5 Å². The third-order valence-corrected chi connectivity index (χ3v) is 7.61. The molecular formula is C29H35N3O5S. The van der Waals surface area contributed by atoms with Gasteiger partial charge in [-0.15, -0.1) is 0 Å². The number of nitrogens with zero attached hydrogens (tertiary/aromatic N) is 2. The Bertz CT molecular complexity index is 1310. The molecule has 9 heteroatoms. The van der Waals surface area contributed by atoms with Gasteiger partial charge in [-0.1, -0.05) is 60.7 Å². The number of amides is 2. The summed E-state index contributed by atoms with van der Waals surface area (Å²) in [4.78, 5) is 28.3. The Morgan fingerprint density at radius 3 is 2.05 bits per heavy atom. The van der Waals surface area contributed by atoms with E-state index in [-0.39, 0.29) is 29.1 Å². The van der Waals surface area contributed by atoms with Crippen LogP contribution in [0.1, 0.15) is 33.3 Å². The van der Waals surface area contributed by atoms with Gasteiger partial charge in [0.2, 0.25) is 11.8 Å². The van der Waals surface area contributed by atoms with Crippen molar-refractivity contribution in [1.29, 1.82) is 0 Å². The number of hydrogen-bond acceptors (Lipinski definition) is 5. The lowest BCUT2D eigenvalue weighted by Crippen LogP contribution is -2.52. The van der Waals surface area contributed by atoms with Crippen LogP contribution in [-0.4, -0.2) is 50.4 Å². The second-order valence-corrected chi connectivity index (χ2v) is 10.9. The fraction of sp³-hybridized carbons (Fsp3) is 0.310. The average Bonchev–Trinajstić information content (AvgIpc) is 2.91. The summed E-state index contributed by atoms with van der Waals surface area (Å²) in [6.07, 6.45) is 0. The van der Waals surface area contributed by atoms with Crippen molar-refractivity contribution in [1.82, 2.24) is 10.2 Å². The highest BCUT2D eigenvalue weighted by molar-refractivity contribution is 7.92. The number of benzene rings is 3. The summed E-state index contributed by atoms with van der Waals surface area (Å²) >= 11 is 0. The van der Waals surface area contributed by atoms with Crippen molar-refractivity contribution in [3.8, 4) is 5.75 Å². The predicted octanol–water partition coefficient (Wildman–Crippen LogP) is 4.22. The Morgan fingerprint density at radius 1 is 0.868 bits per heavy atom. The highest BCUT2D eigenvalue weighted by atomic mass is 32.2. The van der Waals surface area contributed by atoms with Crippen molar-refractivity contribution >= 4 is 27.5 Å². The van der Waals surface area contributed by atoms with Crippen LogP contribution in [0.2, 0.25) is 0 Å². The molecule has 0 aliphatic heterocycles. The maximum atomic E-state index is 13.9. The van der Waals surface area contributed by atoms with Crippen molar-refractivity contribution in [2.24, 2.45) is 0 Å². The first kappa shape index (κ1) is 28.7. The summed E-state index contributed by atoms with van der Waals surface area (Å²) in [5.41, 5.74) is 1.06. The van der Waals surface area contributed by atoms with E-state index in [9.17, 15) is 18.0 Å². The molecule has 3 aromatic rings. The fourth-order valence-corrected chi connectivity index (χ4v) is 5.39. The summed E-state index contributed by atoms with van der Waals surface area (Å²) in [6.45, 7) is 7.06. The van der Waals surface area contributed by atoms with Gasteiger partial charge in [0.15, 0.2) is 0 Å². The Morgan fingerprint density at radius 2 is 1.45 bits per heavy atom. The van der Waals surface area contributed by atoms with E-state index in [0.717, 1.165) is 9.87 Å². The molecule has 3 rings (SSSR count). The third kappa shape index (κ3) is 7.13. The number of rotatable bonds is 12. The Labute approximate surface area is 225 Å². The first-order valence-corrected chi connectivity index (χ1v) is 14.0. The van der Waals surface area contributed by atoms with Gasteiger partial charge in [0, 0.05) is 12.6 Å². The molecule has 0 saturated heterocycles. The standard InChI is InChI=1S/C29H35N3O5S/c1-5-37-27-19-13-12-18-26(27)32(38(35,36)25-16-10-7-11-17-25)21-28(33)31(20-24-14-8-6-9-15-24)23(4)29(34)30-22(2)3/h6-19,22-23H,5,20-21H2,1-4H3,(H,30,34). The van der Waals surface area contributed by atoms with Crippen LogP contribution in [0, 0.1) is 0 Å². The molecule has 2 amide bonds. The minimum absolute atomic E-state index is 0.0410. The SMILES string of the molecule is CCOc1ccccc1N(CC(=O)N(Cc1ccccc1)C(C)C(=O)NC(C)C)S(=O)(=O)c1ccccc1. The van der Waals surface area contributed by atoms with E-state index >= 15 is 0 Å². The quantitative estimate of drug-likeness (QED) is 0.373. The first-order valence-electron chi connectivity index (χ1n) is 12.6. The lowest BCUT2D eigenvalue weighted by Gasteiger charge is -2.32. The van der Waals surface area contributed by atoms with Crippen LogP contribution in [0.25, 0.3) is 0 Å². The number of carbonyl (C=O) groups is 2. The van der Waals surface area contributed by atoms with E-state index < -0.39 is 28.5 Å². The number of para-hydroxylation sites is 2. The van der Waals surface area contributed by atoms with Crippen LogP contribution >= 0.6 is 0 Å². The van der Waals surface area contributed by atoms with Gasteiger partial charge in [-0.25, -0.2) is 8.42 Å². The molecule has 0 bridgehead atoms. The van der Waals surface area contributed by atoms with Gasteiger partial charge in [-0.3, -0.25) is 13.9 Å². The Hall–Kier alpha value is -3.85. The van der Waals surface area contributed by atoms with Gasteiger partial charge in [0.25, 0.3) is 10.0 Å². The summed E-state index contributed by atoms with van der Waals surface area (Å²) in [5.74, 6) is -0.509. The average molecular weight is 538 g/mol. The number of anilines is 1. The minimum atomic E-state index is -4.16. The monoisotopic (exact) mass is 537 g/mol. The number of hydrogen-bond donors (Lipinski definition) is 1. The second kappa shape index (κ2) is 13.1. The third-order valence-electron chi connectivity index (χ3n) is 5.84. The molecule has 0 aromatic heterocycles. The Balaban J connectivity index is 2.06. The van der Waals surface area contributed by atoms with Crippen molar-refractivity contribution in [2.75, 3.05) is 17.5 Å². The molecule has 0 heterocycles. The van der Waals surface area contributed by atoms with Crippen LogP contribution < -0.4 is 14.4 Å². The molecule has 38 heavy (non-hydrogen) atoms. The molecule has 0 aliphatic carbocycles. The van der Waals surface area contributed by atoms with Gasteiger partial charge in [0.05, 0.1) is 17.2 Å². The molecular weight excluding hydrogens is 502 g/mol. The normalized spacial score (nSPS) is 12.0. The lowest BCUT2D eigenvalue weighted by atomic mass is 10.1. The minimum Gasteiger partial charge on any atom is -0.492 e. The lowest BCUT2D eigenvalue weighted by molar-refractivity contribution is -0.139. The predicted molar refractivity (Wildman–Crippen MR) is 148 cm³/mol. The van der Waals surface area contributed by atoms with Gasteiger partial charge in [-0.05, 0) is 57.5 Å². The van der Waals surface area contributed by atoms with Crippen molar-refractivity contribution in [3.63, 3.8) is 0 Å². The molecule has 202 valence electrons. The second-order valence-electron chi connectivity index (χ2n) is 9.07. The van der Waals surface area contributed by atoms with Crippen LogP contribution in [-0.2, 0) is 26.2 Å². The number of ether oxygens (including phenoxy) is 1. The zero-order valence-electron chi connectivity index (χ0n) is 22.2. The number of carbonyl (C=O) groups excluding carboxylic acids is 2. The molecule has 8 nitrogen and oxygen atoms in total. The summed E-state index contributed by atoms with van der Waals surface area (Å²) in [7, 11) is -4.16. The number of nitrogens with one attached hydrogen (secondary N) is 1. The maximum absolute atomic E-state index is 13.9. The highest BCUT2D eigenvalue weighted by Crippen LogP contribution is 2.32. The first-order chi connectivity index (χ1) is 18.1. The van der Waals surface area contributed by atoms with Gasteiger partial charge >= 0.3 is 0 Å². The van der Waals surface area contributed by atoms with E-state index in [1.165, 1.54) is 17.0 Å². The zero-order chi connectivity index (χ0) is 27.7. The van der Waals surface area contributed by atoms with E-state index in [0.29, 0.717) is 12.4 Å². The highest BCUT2D eigenvalue weighted by Gasteiger charge is 2.33. The molecule has 3 aromatic carbocycles. The molecule has 1 atom stereocenters. The van der Waals surface area contributed by atoms with Gasteiger partial charge in [0.1, 0.15) is 18.3 Å². The van der Waals surface area contributed by atoms with E-state index in [4.69, 9.17) is 4.74 Å². The van der Waals surface area contributed by atoms with Crippen molar-refractivity contribution in [2.45, 2.75) is 51.2 Å². The van der Waals surface area contributed by atoms with Gasteiger partial charge < -0.3 is 15.0 Å². The molecule has 0 radical (unpaired) electrons. The molecule has 0 saturated carbocycles. The summed E-state index contributed by atoms with van der Waals surface area (Å²) in [6, 6.07) is 23.0. The maximum Gasteiger partial charge on any atom is 0.264 e. The molecule has 0 spiro atoms. The summed E-state index contributed by atoms with van der Waals surface area (Å²) < 4.78 is 34.5. The van der Waals surface area contributed by atoms with Crippen LogP contribution in [0.3, 0.4) is 0 Å². The van der Waals surface area contributed by atoms with Crippen LogP contribution in [0.15, 0.2) is 89.8 Å². The Kier molecular flexibility index (Phi) is 9.90. The van der Waals surface area contributed by atoms with Gasteiger partial charge in [-0.2, -0.15) is 0 Å². The van der Waals surface area contributed by atoms with E-state index in [1.807, 2.05) is 44.2 Å². The van der Waals surface area contributed by atoms with Crippen LogP contribution in [0.4, 0.5) is 5.69 Å². The summed E-state index contributed by atoms with van der Waals surface area (Å²) in [5, 5.41) is 2.85. The number of sulfonamides is 1. The smallest absolute Gasteiger partial charge is 0.264 e. The fourth-order valence-electron chi connectivity index (χ4n) is 3.94. The molecule has 0 fully saturated rings.